The molecule has 0 saturated heterocycles. The van der Waals surface area contributed by atoms with Gasteiger partial charge in [-0.15, -0.1) is 4.52 Å². The highest BCUT2D eigenvalue weighted by molar-refractivity contribution is 8.13. The Morgan fingerprint density at radius 3 is 1.49 bits per heavy atom. The highest BCUT2D eigenvalue weighted by Crippen LogP contribution is 2.82. The highest BCUT2D eigenvalue weighted by Gasteiger charge is 2.42. The number of fused-ring (bicyclic) bond motifs is 1. The van der Waals surface area contributed by atoms with E-state index in [0.717, 1.165) is 0 Å². The van der Waals surface area contributed by atoms with Gasteiger partial charge in [-0.3, -0.25) is 18.6 Å². The van der Waals surface area contributed by atoms with E-state index < -0.39 is 21.2 Å². The van der Waals surface area contributed by atoms with Crippen LogP contribution >= 0.6 is 43.7 Å². The first kappa shape index (κ1) is 30.4. The predicted octanol–water partition coefficient (Wildman–Crippen LogP) is 7.20. The fourth-order valence-corrected chi connectivity index (χ4v) is 14.0. The van der Waals surface area contributed by atoms with E-state index in [2.05, 4.69) is 9.03 Å². The number of halogens is 2. The third-order valence-electron chi connectivity index (χ3n) is 4.91. The van der Waals surface area contributed by atoms with Gasteiger partial charge in [0.2, 0.25) is 0 Å². The van der Waals surface area contributed by atoms with Gasteiger partial charge in [-0.1, -0.05) is 24.3 Å². The summed E-state index contributed by atoms with van der Waals surface area (Å²) in [7, 11) is -7.61. The van der Waals surface area contributed by atoms with Crippen molar-refractivity contribution in [2.24, 2.45) is 13.5 Å². The molecule has 2 aromatic carbocycles. The summed E-state index contributed by atoms with van der Waals surface area (Å²) >= 11 is 13.3. The molecule has 4 rings (SSSR count). The Bertz CT molecular complexity index is 1270. The molecule has 212 valence electrons. The summed E-state index contributed by atoms with van der Waals surface area (Å²) in [6, 6.07) is 12.9. The molecule has 0 amide bonds. The normalized spacial score (nSPS) is 26.1. The number of benzene rings is 2. The van der Waals surface area contributed by atoms with Crippen molar-refractivity contribution in [3.8, 4) is 11.5 Å². The number of hydrogen-bond donors (Lipinski definition) is 0. The quantitative estimate of drug-likeness (QED) is 0.237. The molecule has 0 fully saturated rings. The van der Waals surface area contributed by atoms with Crippen molar-refractivity contribution in [2.45, 2.75) is 0 Å². The standard InChI is InChI=1S/C22H26Cl2N3O9P3/c23-37(24)25-38(35-21-7-3-1-5-19(21)17-28)27-39(26-37,36-22-8-4-2-6-20(22)18-29)34-16-14-32-12-10-30-9-11-31-13-15-33-38/h1-8,17-18H,9-16H2. The summed E-state index contributed by atoms with van der Waals surface area (Å²) in [6.45, 7) is 1.61. The number of carbonyl (C=O) groups is 2. The van der Waals surface area contributed by atoms with Gasteiger partial charge < -0.3 is 23.3 Å². The minimum Gasteiger partial charge on any atom is -0.421 e. The number of rotatable bonds is 6. The third-order valence-corrected chi connectivity index (χ3v) is 14.6. The Morgan fingerprint density at radius 1 is 0.615 bits per heavy atom. The average molecular weight is 640 g/mol. The van der Waals surface area contributed by atoms with Crippen molar-refractivity contribution in [2.75, 3.05) is 52.9 Å². The molecule has 0 aliphatic carbocycles. The van der Waals surface area contributed by atoms with Crippen LogP contribution in [0.25, 0.3) is 0 Å². The molecule has 0 spiro atoms. The molecule has 0 saturated carbocycles. The molecule has 2 heterocycles. The molecular formula is C22H26Cl2N3O9P3. The van der Waals surface area contributed by atoms with Crippen molar-refractivity contribution in [3.05, 3.63) is 59.7 Å². The Labute approximate surface area is 235 Å². The summed E-state index contributed by atoms with van der Waals surface area (Å²) in [5, 5.41) is 0. The molecule has 39 heavy (non-hydrogen) atoms. The van der Waals surface area contributed by atoms with Crippen LogP contribution in [0.1, 0.15) is 20.7 Å². The SMILES string of the molecule is O=Cc1ccccc1OP12=NP(Cl)(Cl)=NP(Oc3ccccc3C=O)(=N1)OCCOCCOCCOCCO2. The van der Waals surface area contributed by atoms with Gasteiger partial charge in [0.05, 0.1) is 64.0 Å². The average Bonchev–Trinajstić information content (AvgIpc) is 2.90. The van der Waals surface area contributed by atoms with Gasteiger partial charge >= 0.3 is 15.3 Å². The molecule has 0 aromatic heterocycles. The Kier molecular flexibility index (Phi) is 11.2. The van der Waals surface area contributed by atoms with E-state index in [4.69, 9.17) is 59.3 Å². The zero-order valence-electron chi connectivity index (χ0n) is 20.5. The van der Waals surface area contributed by atoms with Crippen LogP contribution in [0.3, 0.4) is 0 Å². The smallest absolute Gasteiger partial charge is 0.401 e. The van der Waals surface area contributed by atoms with E-state index in [0.29, 0.717) is 39.0 Å². The Hall–Kier alpha value is -1.55. The number of hydrogen-bond acceptors (Lipinski definition) is 12. The lowest BCUT2D eigenvalue weighted by Gasteiger charge is -2.30. The van der Waals surface area contributed by atoms with Gasteiger partial charge in [-0.25, -0.2) is 0 Å². The lowest BCUT2D eigenvalue weighted by atomic mass is 10.2. The molecule has 2 bridgehead atoms. The van der Waals surface area contributed by atoms with Crippen LogP contribution in [0.5, 0.6) is 11.5 Å². The van der Waals surface area contributed by atoms with Crippen LogP contribution in [0.2, 0.25) is 0 Å². The maximum absolute atomic E-state index is 11.7. The second-order valence-electron chi connectivity index (χ2n) is 7.70. The third kappa shape index (κ3) is 8.72. The van der Waals surface area contributed by atoms with Crippen LogP contribution in [-0.2, 0) is 23.3 Å². The van der Waals surface area contributed by atoms with Crippen molar-refractivity contribution in [1.82, 2.24) is 0 Å². The number of ether oxygens (including phenoxy) is 3. The number of carbonyl (C=O) groups excluding carboxylic acids is 2. The first-order valence-corrected chi connectivity index (χ1v) is 18.3. The number of para-hydroxylation sites is 2. The van der Waals surface area contributed by atoms with Crippen LogP contribution in [0.15, 0.2) is 62.1 Å². The van der Waals surface area contributed by atoms with E-state index in [1.54, 1.807) is 48.5 Å². The zero-order valence-corrected chi connectivity index (χ0v) is 24.7. The maximum Gasteiger partial charge on any atom is 0.401 e. The summed E-state index contributed by atoms with van der Waals surface area (Å²) < 4.78 is 54.8. The highest BCUT2D eigenvalue weighted by atomic mass is 35.9. The maximum atomic E-state index is 11.7. The van der Waals surface area contributed by atoms with Crippen LogP contribution in [0, 0.1) is 0 Å². The van der Waals surface area contributed by atoms with E-state index in [1.807, 2.05) is 0 Å². The summed E-state index contributed by atoms with van der Waals surface area (Å²) in [5.41, 5.74) is 0.449. The monoisotopic (exact) mass is 639 g/mol. The van der Waals surface area contributed by atoms with Crippen molar-refractivity contribution < 1.29 is 41.9 Å². The first-order valence-electron chi connectivity index (χ1n) is 11.7. The largest absolute Gasteiger partial charge is 0.421 e. The van der Waals surface area contributed by atoms with E-state index in [9.17, 15) is 9.59 Å². The van der Waals surface area contributed by atoms with Gasteiger partial charge in [-0.2, -0.15) is 9.03 Å². The molecule has 0 radical (unpaired) electrons. The van der Waals surface area contributed by atoms with Crippen LogP contribution in [0.4, 0.5) is 0 Å². The van der Waals surface area contributed by atoms with E-state index in [-0.39, 0.29) is 49.1 Å². The van der Waals surface area contributed by atoms with Crippen molar-refractivity contribution in [3.63, 3.8) is 0 Å². The van der Waals surface area contributed by atoms with Gasteiger partial charge in [0.25, 0.3) is 5.91 Å². The van der Waals surface area contributed by atoms with Gasteiger partial charge in [0, 0.05) is 0 Å². The second kappa shape index (κ2) is 14.4. The number of aldehydes is 2. The molecule has 2 aliphatic rings. The first-order chi connectivity index (χ1) is 18.9. The molecule has 2 aliphatic heterocycles. The molecule has 2 unspecified atom stereocenters. The molecule has 2 atom stereocenters. The van der Waals surface area contributed by atoms with Gasteiger partial charge in [-0.05, 0) is 46.7 Å². The summed E-state index contributed by atoms with van der Waals surface area (Å²) in [4.78, 5) is 23.5. The molecule has 12 nitrogen and oxygen atoms in total. The lowest BCUT2D eigenvalue weighted by molar-refractivity contribution is 0.00460. The van der Waals surface area contributed by atoms with E-state index in [1.165, 1.54) is 0 Å². The molecule has 2 aromatic rings. The van der Waals surface area contributed by atoms with E-state index >= 15 is 0 Å². The van der Waals surface area contributed by atoms with Crippen molar-refractivity contribution in [1.29, 1.82) is 0 Å². The van der Waals surface area contributed by atoms with Gasteiger partial charge in [0.1, 0.15) is 11.5 Å². The topological polar surface area (TPSA) is 136 Å². The zero-order chi connectivity index (χ0) is 27.6. The lowest BCUT2D eigenvalue weighted by Crippen LogP contribution is -2.14. The summed E-state index contributed by atoms with van der Waals surface area (Å²) in [6.07, 6.45) is 1.25. The van der Waals surface area contributed by atoms with Crippen LogP contribution < -0.4 is 9.05 Å². The van der Waals surface area contributed by atoms with Crippen molar-refractivity contribution >= 4 is 56.3 Å². The second-order valence-corrected chi connectivity index (χ2v) is 17.0. The molecule has 17 heteroatoms. The number of nitrogens with zero attached hydrogens (tertiary/aromatic N) is 3. The van der Waals surface area contributed by atoms with Gasteiger partial charge in [0.15, 0.2) is 12.6 Å². The fourth-order valence-electron chi connectivity index (χ4n) is 3.25. The molecular weight excluding hydrogens is 614 g/mol. The molecule has 0 N–H and O–H groups in total. The Morgan fingerprint density at radius 2 is 1.03 bits per heavy atom. The fraction of sp³-hybridized carbons (Fsp3) is 0.364. The Balaban J connectivity index is 1.85. The predicted molar refractivity (Wildman–Crippen MR) is 149 cm³/mol. The minimum absolute atomic E-state index is 0.0220. The summed E-state index contributed by atoms with van der Waals surface area (Å²) in [5.74, 6) is -3.30. The minimum atomic E-state index is -3.80. The van der Waals surface area contributed by atoms with Crippen LogP contribution in [-0.4, -0.2) is 65.4 Å².